The summed E-state index contributed by atoms with van der Waals surface area (Å²) in [6.07, 6.45) is 4.87. The van der Waals surface area contributed by atoms with Crippen LogP contribution >= 0.6 is 0 Å². The van der Waals surface area contributed by atoms with Gasteiger partial charge in [-0.3, -0.25) is 9.59 Å². The maximum absolute atomic E-state index is 12.4. The van der Waals surface area contributed by atoms with Crippen LogP contribution in [0.3, 0.4) is 0 Å². The van der Waals surface area contributed by atoms with Crippen molar-refractivity contribution in [2.24, 2.45) is 5.92 Å². The lowest BCUT2D eigenvalue weighted by Gasteiger charge is -2.10. The number of amides is 1. The molecule has 1 aromatic carbocycles. The average Bonchev–Trinajstić information content (AvgIpc) is 3.34. The monoisotopic (exact) mass is 345 g/mol. The Hall–Kier alpha value is -1.68. The number of ketones is 1. The number of ether oxygens (including phenoxy) is 1. The van der Waals surface area contributed by atoms with E-state index in [2.05, 4.69) is 5.32 Å². The molecule has 1 aliphatic carbocycles. The van der Waals surface area contributed by atoms with Gasteiger partial charge < -0.3 is 10.1 Å². The molecular formula is C21H31NO3. The molecule has 1 fully saturated rings. The zero-order valence-corrected chi connectivity index (χ0v) is 15.8. The van der Waals surface area contributed by atoms with Gasteiger partial charge in [0.1, 0.15) is 0 Å². The third-order valence-electron chi connectivity index (χ3n) is 4.60. The van der Waals surface area contributed by atoms with E-state index >= 15 is 0 Å². The first-order valence-corrected chi connectivity index (χ1v) is 9.43. The van der Waals surface area contributed by atoms with Crippen LogP contribution < -0.4 is 5.32 Å². The summed E-state index contributed by atoms with van der Waals surface area (Å²) in [5.41, 5.74) is 4.04. The van der Waals surface area contributed by atoms with Crippen molar-refractivity contribution in [2.75, 3.05) is 19.8 Å². The first-order valence-electron chi connectivity index (χ1n) is 9.43. The molecule has 0 aliphatic heterocycles. The number of carbonyl (C=O) groups is 2. The van der Waals surface area contributed by atoms with E-state index in [0.717, 1.165) is 35.6 Å². The van der Waals surface area contributed by atoms with Crippen LogP contribution in [0.5, 0.6) is 0 Å². The standard InChI is InChI=1S/C21H31NO3/c1-15-12-16(2)21(17(3)13-15)19(23)6-4-7-20(24)22-10-5-11-25-14-18-8-9-18/h12-13,18H,4-11,14H2,1-3H3,(H,22,24). The fourth-order valence-electron chi connectivity index (χ4n) is 3.18. The minimum absolute atomic E-state index is 0.0207. The molecular weight excluding hydrogens is 314 g/mol. The first-order chi connectivity index (χ1) is 12.0. The van der Waals surface area contributed by atoms with Gasteiger partial charge in [-0.25, -0.2) is 0 Å². The second-order valence-corrected chi connectivity index (χ2v) is 7.27. The Morgan fingerprint density at radius 1 is 1.08 bits per heavy atom. The predicted molar refractivity (Wildman–Crippen MR) is 100 cm³/mol. The molecule has 0 bridgehead atoms. The number of Topliss-reactive ketones (excluding diaryl/α,β-unsaturated/α-hetero) is 1. The SMILES string of the molecule is Cc1cc(C)c(C(=O)CCCC(=O)NCCCOCC2CC2)c(C)c1. The van der Waals surface area contributed by atoms with Crippen LogP contribution in [0, 0.1) is 26.7 Å². The predicted octanol–water partition coefficient (Wildman–Crippen LogP) is 3.90. The highest BCUT2D eigenvalue weighted by atomic mass is 16.5. The quantitative estimate of drug-likeness (QED) is 0.489. The Morgan fingerprint density at radius 2 is 1.76 bits per heavy atom. The van der Waals surface area contributed by atoms with Gasteiger partial charge in [0.15, 0.2) is 5.78 Å². The van der Waals surface area contributed by atoms with E-state index in [1.165, 1.54) is 18.4 Å². The Morgan fingerprint density at radius 3 is 2.40 bits per heavy atom. The summed E-state index contributed by atoms with van der Waals surface area (Å²) in [4.78, 5) is 24.3. The van der Waals surface area contributed by atoms with Gasteiger partial charge in [-0.1, -0.05) is 17.7 Å². The Bertz CT molecular complexity index is 582. The molecule has 0 unspecified atom stereocenters. The van der Waals surface area contributed by atoms with E-state index in [-0.39, 0.29) is 11.7 Å². The van der Waals surface area contributed by atoms with Crippen LogP contribution in [0.2, 0.25) is 0 Å². The Balaban J connectivity index is 1.59. The highest BCUT2D eigenvalue weighted by molar-refractivity contribution is 5.99. The molecule has 0 spiro atoms. The van der Waals surface area contributed by atoms with Gasteiger partial charge in [0.05, 0.1) is 0 Å². The van der Waals surface area contributed by atoms with Crippen LogP contribution in [-0.2, 0) is 9.53 Å². The normalized spacial score (nSPS) is 13.7. The van der Waals surface area contributed by atoms with Crippen LogP contribution in [0.15, 0.2) is 12.1 Å². The zero-order valence-electron chi connectivity index (χ0n) is 15.8. The van der Waals surface area contributed by atoms with Gasteiger partial charge in [-0.05, 0) is 63.5 Å². The van der Waals surface area contributed by atoms with Crippen molar-refractivity contribution < 1.29 is 14.3 Å². The van der Waals surface area contributed by atoms with Crippen molar-refractivity contribution in [3.8, 4) is 0 Å². The highest BCUT2D eigenvalue weighted by Crippen LogP contribution is 2.28. The molecule has 1 saturated carbocycles. The summed E-state index contributed by atoms with van der Waals surface area (Å²) in [5, 5.41) is 2.90. The Labute approximate surface area is 151 Å². The molecule has 1 N–H and O–H groups in total. The van der Waals surface area contributed by atoms with Gasteiger partial charge in [0.2, 0.25) is 5.91 Å². The third kappa shape index (κ3) is 6.99. The van der Waals surface area contributed by atoms with Gasteiger partial charge in [-0.2, -0.15) is 0 Å². The van der Waals surface area contributed by atoms with Gasteiger partial charge in [0, 0.05) is 38.2 Å². The van der Waals surface area contributed by atoms with E-state index < -0.39 is 0 Å². The lowest BCUT2D eigenvalue weighted by Crippen LogP contribution is -2.25. The zero-order chi connectivity index (χ0) is 18.2. The lowest BCUT2D eigenvalue weighted by atomic mass is 9.94. The average molecular weight is 345 g/mol. The third-order valence-corrected chi connectivity index (χ3v) is 4.60. The number of benzene rings is 1. The molecule has 0 heterocycles. The van der Waals surface area contributed by atoms with Crippen molar-refractivity contribution in [1.29, 1.82) is 0 Å². The van der Waals surface area contributed by atoms with Crippen LogP contribution in [0.25, 0.3) is 0 Å². The molecule has 1 aliphatic rings. The van der Waals surface area contributed by atoms with E-state index in [1.54, 1.807) is 0 Å². The number of hydrogen-bond donors (Lipinski definition) is 1. The smallest absolute Gasteiger partial charge is 0.220 e. The van der Waals surface area contributed by atoms with Crippen molar-refractivity contribution >= 4 is 11.7 Å². The van der Waals surface area contributed by atoms with Crippen molar-refractivity contribution in [3.63, 3.8) is 0 Å². The number of aryl methyl sites for hydroxylation is 3. The van der Waals surface area contributed by atoms with Gasteiger partial charge in [0.25, 0.3) is 0 Å². The molecule has 2 rings (SSSR count). The molecule has 0 radical (unpaired) electrons. The molecule has 138 valence electrons. The van der Waals surface area contributed by atoms with E-state index in [1.807, 2.05) is 32.9 Å². The Kier molecular flexibility index (Phi) is 7.63. The molecule has 0 aromatic heterocycles. The first kappa shape index (κ1) is 19.6. The van der Waals surface area contributed by atoms with Crippen LogP contribution in [0.4, 0.5) is 0 Å². The van der Waals surface area contributed by atoms with Crippen LogP contribution in [0.1, 0.15) is 65.6 Å². The van der Waals surface area contributed by atoms with Crippen molar-refractivity contribution in [1.82, 2.24) is 5.32 Å². The van der Waals surface area contributed by atoms with Gasteiger partial charge in [-0.15, -0.1) is 0 Å². The number of carbonyl (C=O) groups excluding carboxylic acids is 2. The summed E-state index contributed by atoms with van der Waals surface area (Å²) in [7, 11) is 0. The second-order valence-electron chi connectivity index (χ2n) is 7.27. The maximum atomic E-state index is 12.4. The molecule has 0 saturated heterocycles. The summed E-state index contributed by atoms with van der Waals surface area (Å²) in [6, 6.07) is 4.08. The minimum atomic E-state index is 0.0207. The fourth-order valence-corrected chi connectivity index (χ4v) is 3.18. The van der Waals surface area contributed by atoms with Crippen molar-refractivity contribution in [2.45, 2.75) is 59.3 Å². The van der Waals surface area contributed by atoms with Gasteiger partial charge >= 0.3 is 0 Å². The largest absolute Gasteiger partial charge is 0.381 e. The molecule has 1 amide bonds. The number of rotatable bonds is 11. The maximum Gasteiger partial charge on any atom is 0.220 e. The van der Waals surface area contributed by atoms with Crippen molar-refractivity contribution in [3.05, 3.63) is 34.4 Å². The molecule has 0 atom stereocenters. The summed E-state index contributed by atoms with van der Waals surface area (Å²) >= 11 is 0. The van der Waals surface area contributed by atoms with Crippen LogP contribution in [-0.4, -0.2) is 31.4 Å². The van der Waals surface area contributed by atoms with E-state index in [4.69, 9.17) is 4.74 Å². The minimum Gasteiger partial charge on any atom is -0.381 e. The summed E-state index contributed by atoms with van der Waals surface area (Å²) in [6.45, 7) is 8.22. The van der Waals surface area contributed by atoms with E-state index in [9.17, 15) is 9.59 Å². The second kappa shape index (κ2) is 9.71. The lowest BCUT2D eigenvalue weighted by molar-refractivity contribution is -0.121. The molecule has 4 heteroatoms. The van der Waals surface area contributed by atoms with E-state index in [0.29, 0.717) is 32.4 Å². The topological polar surface area (TPSA) is 55.4 Å². The fraction of sp³-hybridized carbons (Fsp3) is 0.619. The molecule has 25 heavy (non-hydrogen) atoms. The summed E-state index contributed by atoms with van der Waals surface area (Å²) < 4.78 is 5.54. The molecule has 1 aromatic rings. The highest BCUT2D eigenvalue weighted by Gasteiger charge is 2.20. The molecule has 4 nitrogen and oxygen atoms in total. The summed E-state index contributed by atoms with van der Waals surface area (Å²) in [5.74, 6) is 0.941. The number of nitrogens with one attached hydrogen (secondary N) is 1. The number of hydrogen-bond acceptors (Lipinski definition) is 3.